The van der Waals surface area contributed by atoms with Crippen molar-refractivity contribution in [3.8, 4) is 0 Å². The number of benzene rings is 2. The smallest absolute Gasteiger partial charge is 0.411 e. The number of para-hydroxylation sites is 1. The molecule has 2 heterocycles. The Morgan fingerprint density at radius 2 is 1.94 bits per heavy atom. The highest BCUT2D eigenvalue weighted by Crippen LogP contribution is 2.28. The summed E-state index contributed by atoms with van der Waals surface area (Å²) >= 11 is 0. The van der Waals surface area contributed by atoms with Gasteiger partial charge in [0, 0.05) is 39.8 Å². The summed E-state index contributed by atoms with van der Waals surface area (Å²) in [6.45, 7) is 4.03. The van der Waals surface area contributed by atoms with E-state index in [1.807, 2.05) is 12.1 Å². The normalized spacial score (nSPS) is 16.2. The number of piperazine rings is 1. The number of fused-ring (bicyclic) bond motifs is 1. The lowest BCUT2D eigenvalue weighted by Crippen LogP contribution is -2.46. The van der Waals surface area contributed by atoms with Gasteiger partial charge >= 0.3 is 11.9 Å². The Hall–Kier alpha value is -3.82. The van der Waals surface area contributed by atoms with E-state index in [-0.39, 0.29) is 6.73 Å². The van der Waals surface area contributed by atoms with Crippen LogP contribution in [0, 0.1) is 0 Å². The van der Waals surface area contributed by atoms with Gasteiger partial charge in [0.15, 0.2) is 12.3 Å². The molecule has 9 nitrogen and oxygen atoms in total. The summed E-state index contributed by atoms with van der Waals surface area (Å²) in [6.07, 6.45) is 7.84. The van der Waals surface area contributed by atoms with Crippen LogP contribution in [-0.4, -0.2) is 48.8 Å². The number of carbonyl (C=O) groups excluding carboxylic acids is 1. The Morgan fingerprint density at radius 1 is 1.11 bits per heavy atom. The van der Waals surface area contributed by atoms with Crippen LogP contribution in [0.3, 0.4) is 0 Å². The average molecular weight is 491 g/mol. The van der Waals surface area contributed by atoms with Gasteiger partial charge in [0.05, 0.1) is 11.2 Å². The number of hydrogen-bond acceptors (Lipinski definition) is 8. The quantitative estimate of drug-likeness (QED) is 0.394. The molecule has 5 rings (SSSR count). The summed E-state index contributed by atoms with van der Waals surface area (Å²) in [7, 11) is 1.44. The van der Waals surface area contributed by atoms with E-state index in [0.29, 0.717) is 11.1 Å². The van der Waals surface area contributed by atoms with Gasteiger partial charge in [0.25, 0.3) is 0 Å². The minimum atomic E-state index is -0.927. The van der Waals surface area contributed by atoms with Crippen molar-refractivity contribution in [1.82, 2.24) is 14.9 Å². The van der Waals surface area contributed by atoms with Gasteiger partial charge in [-0.05, 0) is 41.7 Å². The molecule has 2 aromatic carbocycles. The fraction of sp³-hybridized carbons (Fsp3) is 0.333. The summed E-state index contributed by atoms with van der Waals surface area (Å²) in [5, 5.41) is 0. The first kappa shape index (κ1) is 23.9. The van der Waals surface area contributed by atoms with Crippen molar-refractivity contribution < 1.29 is 18.8 Å². The Morgan fingerprint density at radius 3 is 2.72 bits per heavy atom. The predicted molar refractivity (Wildman–Crippen MR) is 137 cm³/mol. The number of nitrogens with one attached hydrogen (secondary N) is 1. The molecule has 1 aliphatic carbocycles. The van der Waals surface area contributed by atoms with E-state index in [0.717, 1.165) is 51.3 Å². The number of hydroxylamine groups is 1. The molecule has 3 aromatic rings. The summed E-state index contributed by atoms with van der Waals surface area (Å²) in [5.74, 6) is -0.586. The maximum atomic E-state index is 12.5. The van der Waals surface area contributed by atoms with Crippen molar-refractivity contribution >= 4 is 28.5 Å². The second-order valence-corrected chi connectivity index (χ2v) is 8.87. The third kappa shape index (κ3) is 5.22. The second-order valence-electron chi connectivity index (χ2n) is 8.87. The fourth-order valence-corrected chi connectivity index (χ4v) is 4.79. The van der Waals surface area contributed by atoms with Gasteiger partial charge in [-0.1, -0.05) is 48.6 Å². The zero-order valence-electron chi connectivity index (χ0n) is 20.3. The number of rotatable bonds is 7. The van der Waals surface area contributed by atoms with Crippen LogP contribution >= 0.6 is 0 Å². The van der Waals surface area contributed by atoms with Crippen LogP contribution < -0.4 is 16.1 Å². The maximum Gasteiger partial charge on any atom is 0.529 e. The van der Waals surface area contributed by atoms with Gasteiger partial charge in [-0.15, -0.1) is 0 Å². The number of nitrogens with zero attached hydrogens (tertiary/aromatic N) is 3. The first-order valence-corrected chi connectivity index (χ1v) is 12.2. The van der Waals surface area contributed by atoms with Crippen LogP contribution in [0.25, 0.3) is 16.7 Å². The summed E-state index contributed by atoms with van der Waals surface area (Å²) in [5.41, 5.74) is 8.18. The molecular weight excluding hydrogens is 460 g/mol. The number of anilines is 1. The molecule has 0 radical (unpaired) electrons. The van der Waals surface area contributed by atoms with E-state index in [2.05, 4.69) is 62.6 Å². The van der Waals surface area contributed by atoms with Crippen molar-refractivity contribution in [3.05, 3.63) is 82.4 Å². The maximum absolute atomic E-state index is 12.5. The largest absolute Gasteiger partial charge is 0.529 e. The van der Waals surface area contributed by atoms with E-state index >= 15 is 0 Å². The molecule has 188 valence electrons. The lowest BCUT2D eigenvalue weighted by Gasteiger charge is -2.36. The van der Waals surface area contributed by atoms with Crippen LogP contribution in [0.15, 0.2) is 69.9 Å². The summed E-state index contributed by atoms with van der Waals surface area (Å²) in [6, 6.07) is 14.5. The molecule has 1 saturated heterocycles. The molecule has 1 aromatic heterocycles. The molecule has 36 heavy (non-hydrogen) atoms. The Labute approximate surface area is 209 Å². The van der Waals surface area contributed by atoms with Crippen molar-refractivity contribution in [2.24, 2.45) is 0 Å². The molecule has 1 aliphatic heterocycles. The van der Waals surface area contributed by atoms with Crippen molar-refractivity contribution in [3.63, 3.8) is 0 Å². The van der Waals surface area contributed by atoms with Gasteiger partial charge < -0.3 is 18.9 Å². The lowest BCUT2D eigenvalue weighted by molar-refractivity contribution is 0.00649. The molecule has 0 bridgehead atoms. The third-order valence-electron chi connectivity index (χ3n) is 6.60. The third-order valence-corrected chi connectivity index (χ3v) is 6.60. The monoisotopic (exact) mass is 490 g/mol. The van der Waals surface area contributed by atoms with Gasteiger partial charge in [-0.3, -0.25) is 4.90 Å². The van der Waals surface area contributed by atoms with Crippen molar-refractivity contribution in [1.29, 1.82) is 0 Å². The van der Waals surface area contributed by atoms with Crippen molar-refractivity contribution in [2.45, 2.75) is 26.1 Å². The number of allylic oxidation sites excluding steroid dienone is 4. The van der Waals surface area contributed by atoms with E-state index < -0.39 is 11.9 Å². The highest BCUT2D eigenvalue weighted by atomic mass is 16.8. The molecular formula is C27H30N4O5. The number of oxazole rings is 1. The first-order valence-electron chi connectivity index (χ1n) is 12.2. The van der Waals surface area contributed by atoms with E-state index in [9.17, 15) is 9.59 Å². The fourth-order valence-electron chi connectivity index (χ4n) is 4.79. The van der Waals surface area contributed by atoms with Crippen LogP contribution in [-0.2, 0) is 22.9 Å². The molecule has 0 amide bonds. The van der Waals surface area contributed by atoms with Crippen LogP contribution in [0.2, 0.25) is 0 Å². The van der Waals surface area contributed by atoms with E-state index in [4.69, 9.17) is 9.15 Å². The lowest BCUT2D eigenvalue weighted by atomic mass is 9.96. The molecule has 1 N–H and O–H groups in total. The van der Waals surface area contributed by atoms with E-state index in [1.54, 1.807) is 6.07 Å². The number of ether oxygens (including phenoxy) is 1. The summed E-state index contributed by atoms with van der Waals surface area (Å²) < 4.78 is 11.8. The molecule has 0 atom stereocenters. The number of aromatic nitrogens is 1. The topological polar surface area (TPSA) is 89.2 Å². The van der Waals surface area contributed by atoms with Gasteiger partial charge in [0.1, 0.15) is 0 Å². The van der Waals surface area contributed by atoms with Crippen molar-refractivity contribution in [2.75, 3.05) is 38.1 Å². The SMILES string of the molecule is CNOC(=O)OCn1c(=O)oc2c(N3CCN(Cc4cccc(C5=CC=CCC5)c4)CC3)cccc21. The molecule has 0 saturated carbocycles. The second kappa shape index (κ2) is 10.8. The molecule has 2 aliphatic rings. The Balaban J connectivity index is 1.24. The molecule has 0 spiro atoms. The van der Waals surface area contributed by atoms with Gasteiger partial charge in [-0.2, -0.15) is 5.48 Å². The Bertz CT molecular complexity index is 1350. The van der Waals surface area contributed by atoms with Crippen LogP contribution in [0.5, 0.6) is 0 Å². The first-order chi connectivity index (χ1) is 17.6. The minimum absolute atomic E-state index is 0.296. The minimum Gasteiger partial charge on any atom is -0.411 e. The highest BCUT2D eigenvalue weighted by molar-refractivity contribution is 5.87. The standard InChI is InChI=1S/C27H30N4O5/c1-28-36-27(33)34-19-31-24-12-6-11-23(25(24)35-26(31)32)30-15-13-29(14-16-30)18-20-7-5-10-22(17-20)21-8-3-2-4-9-21/h2-3,5-8,10-12,17,28H,4,9,13-16,18-19H2,1H3. The highest BCUT2D eigenvalue weighted by Gasteiger charge is 2.22. The van der Waals surface area contributed by atoms with Crippen LogP contribution in [0.4, 0.5) is 10.5 Å². The predicted octanol–water partition coefficient (Wildman–Crippen LogP) is 3.90. The zero-order valence-corrected chi connectivity index (χ0v) is 20.3. The molecule has 9 heteroatoms. The molecule has 0 unspecified atom stereocenters. The van der Waals surface area contributed by atoms with E-state index in [1.165, 1.54) is 28.3 Å². The number of carbonyl (C=O) groups is 1. The number of hydrogen-bond donors (Lipinski definition) is 1. The van der Waals surface area contributed by atoms with Crippen LogP contribution in [0.1, 0.15) is 24.0 Å². The molecule has 1 fully saturated rings. The van der Waals surface area contributed by atoms with Gasteiger partial charge in [-0.25, -0.2) is 14.2 Å². The average Bonchev–Trinajstić information content (AvgIpc) is 3.24. The van der Waals surface area contributed by atoms with Gasteiger partial charge in [0.2, 0.25) is 0 Å². The zero-order chi connectivity index (χ0) is 24.9. The Kier molecular flexibility index (Phi) is 7.20. The summed E-state index contributed by atoms with van der Waals surface area (Å²) in [4.78, 5) is 33.2.